The molecule has 4 rings (SSSR count). The molecule has 0 aromatic carbocycles. The molecule has 4 aliphatic carbocycles. The SMILES string of the molecule is CC[C@@H]1CC2=CC(=O)CC[C@]2(C)C2CC[C@@]3(C)C(CC[C@@H]3O)C21. The van der Waals surface area contributed by atoms with Crippen molar-refractivity contribution in [3.05, 3.63) is 11.6 Å². The smallest absolute Gasteiger partial charge is 0.155 e. The Morgan fingerprint density at radius 3 is 2.70 bits per heavy atom. The van der Waals surface area contributed by atoms with Gasteiger partial charge in [-0.15, -0.1) is 0 Å². The Morgan fingerprint density at radius 1 is 1.17 bits per heavy atom. The van der Waals surface area contributed by atoms with E-state index in [0.717, 1.165) is 37.5 Å². The largest absolute Gasteiger partial charge is 0.393 e. The van der Waals surface area contributed by atoms with Crippen LogP contribution in [0.3, 0.4) is 0 Å². The van der Waals surface area contributed by atoms with Crippen molar-refractivity contribution in [3.63, 3.8) is 0 Å². The Labute approximate surface area is 140 Å². The van der Waals surface area contributed by atoms with Gasteiger partial charge in [0.2, 0.25) is 0 Å². The Balaban J connectivity index is 1.75. The molecular formula is C21H32O2. The highest BCUT2D eigenvalue weighted by molar-refractivity contribution is 5.91. The zero-order chi connectivity index (χ0) is 16.4. The first-order valence-corrected chi connectivity index (χ1v) is 9.82. The molecule has 0 radical (unpaired) electrons. The van der Waals surface area contributed by atoms with Crippen LogP contribution in [-0.4, -0.2) is 17.0 Å². The van der Waals surface area contributed by atoms with E-state index >= 15 is 0 Å². The number of aliphatic hydroxyl groups excluding tert-OH is 1. The number of ketones is 1. The molecule has 3 saturated carbocycles. The maximum absolute atomic E-state index is 12.0. The Kier molecular flexibility index (Phi) is 3.58. The third-order valence-electron chi connectivity index (χ3n) is 8.61. The highest BCUT2D eigenvalue weighted by Crippen LogP contribution is 2.66. The standard InChI is InChI=1S/C21H32O2/c1-4-13-11-14-12-15(22)7-9-20(14,2)17-8-10-21(3)16(19(13)17)5-6-18(21)23/h12-13,16-19,23H,4-11H2,1-3H3/t13-,16?,17?,18+,19?,20+,21+/m1/s1. The first kappa shape index (κ1) is 15.9. The summed E-state index contributed by atoms with van der Waals surface area (Å²) in [6.45, 7) is 7.13. The van der Waals surface area contributed by atoms with E-state index in [2.05, 4.69) is 20.8 Å². The Hall–Kier alpha value is -0.630. The van der Waals surface area contributed by atoms with Crippen molar-refractivity contribution in [1.29, 1.82) is 0 Å². The monoisotopic (exact) mass is 316 g/mol. The van der Waals surface area contributed by atoms with Crippen molar-refractivity contribution >= 4 is 5.78 Å². The summed E-state index contributed by atoms with van der Waals surface area (Å²) in [4.78, 5) is 12.0. The van der Waals surface area contributed by atoms with Gasteiger partial charge in [-0.25, -0.2) is 0 Å². The molecule has 0 aromatic heterocycles. The summed E-state index contributed by atoms with van der Waals surface area (Å²) in [5.74, 6) is 3.23. The number of rotatable bonds is 1. The van der Waals surface area contributed by atoms with Crippen LogP contribution < -0.4 is 0 Å². The normalized spacial score (nSPS) is 52.4. The fraction of sp³-hybridized carbons (Fsp3) is 0.857. The number of allylic oxidation sites excluding steroid dienone is 1. The van der Waals surface area contributed by atoms with Crippen molar-refractivity contribution < 1.29 is 9.90 Å². The molecule has 2 heteroatoms. The van der Waals surface area contributed by atoms with Gasteiger partial charge in [0.25, 0.3) is 0 Å². The van der Waals surface area contributed by atoms with Gasteiger partial charge in [0, 0.05) is 6.42 Å². The maximum Gasteiger partial charge on any atom is 0.155 e. The maximum atomic E-state index is 12.0. The number of aliphatic hydroxyl groups is 1. The summed E-state index contributed by atoms with van der Waals surface area (Å²) < 4.78 is 0. The number of carbonyl (C=O) groups is 1. The van der Waals surface area contributed by atoms with Crippen molar-refractivity contribution in [3.8, 4) is 0 Å². The molecular weight excluding hydrogens is 284 g/mol. The molecule has 4 aliphatic rings. The Bertz CT molecular complexity index is 550. The molecule has 0 amide bonds. The number of hydrogen-bond acceptors (Lipinski definition) is 2. The fourth-order valence-corrected chi connectivity index (χ4v) is 7.09. The first-order valence-electron chi connectivity index (χ1n) is 9.82. The van der Waals surface area contributed by atoms with Gasteiger partial charge in [0.1, 0.15) is 0 Å². The van der Waals surface area contributed by atoms with Gasteiger partial charge < -0.3 is 5.11 Å². The molecule has 23 heavy (non-hydrogen) atoms. The van der Waals surface area contributed by atoms with E-state index < -0.39 is 0 Å². The molecule has 0 saturated heterocycles. The number of hydrogen-bond donors (Lipinski definition) is 1. The summed E-state index contributed by atoms with van der Waals surface area (Å²) in [6, 6.07) is 0. The lowest BCUT2D eigenvalue weighted by atomic mass is 9.44. The zero-order valence-electron chi connectivity index (χ0n) is 15.0. The van der Waals surface area contributed by atoms with Gasteiger partial charge in [-0.05, 0) is 79.1 Å². The highest BCUT2D eigenvalue weighted by atomic mass is 16.3. The minimum atomic E-state index is -0.0939. The summed E-state index contributed by atoms with van der Waals surface area (Å²) in [5.41, 5.74) is 1.86. The van der Waals surface area contributed by atoms with E-state index in [1.165, 1.54) is 31.3 Å². The van der Waals surface area contributed by atoms with Crippen LogP contribution in [0.1, 0.15) is 72.1 Å². The highest BCUT2D eigenvalue weighted by Gasteiger charge is 2.60. The van der Waals surface area contributed by atoms with Crippen molar-refractivity contribution in [1.82, 2.24) is 0 Å². The van der Waals surface area contributed by atoms with Crippen LogP contribution in [-0.2, 0) is 4.79 Å². The molecule has 0 heterocycles. The van der Waals surface area contributed by atoms with Crippen molar-refractivity contribution in [2.24, 2.45) is 34.5 Å². The first-order chi connectivity index (χ1) is 10.9. The molecule has 3 unspecified atom stereocenters. The van der Waals surface area contributed by atoms with E-state index in [4.69, 9.17) is 0 Å². The van der Waals surface area contributed by atoms with Crippen LogP contribution in [0.15, 0.2) is 11.6 Å². The second kappa shape index (κ2) is 5.18. The lowest BCUT2D eigenvalue weighted by Crippen LogP contribution is -2.54. The van der Waals surface area contributed by atoms with Gasteiger partial charge in [-0.1, -0.05) is 32.8 Å². The summed E-state index contributed by atoms with van der Waals surface area (Å²) in [6.07, 6.45) is 10.7. The lowest BCUT2D eigenvalue weighted by molar-refractivity contribution is -0.120. The third kappa shape index (κ3) is 2.06. The molecule has 1 N–H and O–H groups in total. The molecule has 0 bridgehead atoms. The predicted molar refractivity (Wildman–Crippen MR) is 91.9 cm³/mol. The van der Waals surface area contributed by atoms with Crippen LogP contribution in [0.4, 0.5) is 0 Å². The molecule has 3 fully saturated rings. The molecule has 0 aromatic rings. The van der Waals surface area contributed by atoms with Crippen molar-refractivity contribution in [2.45, 2.75) is 78.2 Å². The minimum absolute atomic E-state index is 0.0939. The van der Waals surface area contributed by atoms with E-state index in [1.807, 2.05) is 6.08 Å². The Morgan fingerprint density at radius 2 is 1.96 bits per heavy atom. The lowest BCUT2D eigenvalue weighted by Gasteiger charge is -2.60. The number of carbonyl (C=O) groups excluding carboxylic acids is 1. The molecule has 0 aliphatic heterocycles. The fourth-order valence-electron chi connectivity index (χ4n) is 7.09. The van der Waals surface area contributed by atoms with Crippen LogP contribution >= 0.6 is 0 Å². The van der Waals surface area contributed by atoms with E-state index in [0.29, 0.717) is 17.6 Å². The topological polar surface area (TPSA) is 37.3 Å². The average molecular weight is 316 g/mol. The second-order valence-electron chi connectivity index (χ2n) is 9.35. The molecule has 2 nitrogen and oxygen atoms in total. The summed E-state index contributed by atoms with van der Waals surface area (Å²) in [7, 11) is 0. The zero-order valence-corrected chi connectivity index (χ0v) is 15.0. The van der Waals surface area contributed by atoms with Crippen molar-refractivity contribution in [2.75, 3.05) is 0 Å². The van der Waals surface area contributed by atoms with Crippen LogP contribution in [0, 0.1) is 34.5 Å². The van der Waals surface area contributed by atoms with Gasteiger partial charge in [0.15, 0.2) is 5.78 Å². The van der Waals surface area contributed by atoms with Gasteiger partial charge in [-0.3, -0.25) is 4.79 Å². The third-order valence-corrected chi connectivity index (χ3v) is 8.61. The average Bonchev–Trinajstić information content (AvgIpc) is 2.83. The molecule has 128 valence electrons. The second-order valence-corrected chi connectivity index (χ2v) is 9.35. The van der Waals surface area contributed by atoms with E-state index in [1.54, 1.807) is 0 Å². The summed E-state index contributed by atoms with van der Waals surface area (Å²) in [5, 5.41) is 10.6. The van der Waals surface area contributed by atoms with E-state index in [9.17, 15) is 9.90 Å². The van der Waals surface area contributed by atoms with Gasteiger partial charge >= 0.3 is 0 Å². The van der Waals surface area contributed by atoms with Gasteiger partial charge in [-0.2, -0.15) is 0 Å². The number of fused-ring (bicyclic) bond motifs is 5. The minimum Gasteiger partial charge on any atom is -0.393 e. The van der Waals surface area contributed by atoms with Crippen LogP contribution in [0.25, 0.3) is 0 Å². The quantitative estimate of drug-likeness (QED) is 0.772. The van der Waals surface area contributed by atoms with E-state index in [-0.39, 0.29) is 16.9 Å². The van der Waals surface area contributed by atoms with Crippen LogP contribution in [0.2, 0.25) is 0 Å². The van der Waals surface area contributed by atoms with Crippen LogP contribution in [0.5, 0.6) is 0 Å². The molecule has 0 spiro atoms. The predicted octanol–water partition coefficient (Wildman–Crippen LogP) is 4.52. The molecule has 7 atom stereocenters. The van der Waals surface area contributed by atoms with Gasteiger partial charge in [0.05, 0.1) is 6.10 Å². The summed E-state index contributed by atoms with van der Waals surface area (Å²) >= 11 is 0.